The van der Waals surface area contributed by atoms with E-state index in [1.165, 1.54) is 11.1 Å². The maximum atomic E-state index is 5.90. The molecule has 0 spiro atoms. The molecule has 0 radical (unpaired) electrons. The smallest absolute Gasteiger partial charge is 0.0508 e. The molecule has 0 saturated carbocycles. The van der Waals surface area contributed by atoms with E-state index < -0.39 is 0 Å². The molecule has 84 valence electrons. The van der Waals surface area contributed by atoms with Crippen LogP contribution in [0.1, 0.15) is 18.1 Å². The zero-order valence-electron chi connectivity index (χ0n) is 9.50. The van der Waals surface area contributed by atoms with Crippen LogP contribution < -0.4 is 0 Å². The van der Waals surface area contributed by atoms with Crippen LogP contribution in [0.4, 0.5) is 0 Å². The summed E-state index contributed by atoms with van der Waals surface area (Å²) >= 11 is 5.90. The van der Waals surface area contributed by atoms with Gasteiger partial charge in [-0.3, -0.25) is 0 Å². The molecule has 2 heteroatoms. The lowest BCUT2D eigenvalue weighted by Crippen LogP contribution is -2.14. The quantitative estimate of drug-likeness (QED) is 0.676. The van der Waals surface area contributed by atoms with Crippen molar-refractivity contribution in [2.24, 2.45) is 5.92 Å². The Bertz CT molecular complexity index is 268. The van der Waals surface area contributed by atoms with Crippen molar-refractivity contribution in [1.29, 1.82) is 0 Å². The Labute approximate surface area is 97.4 Å². The molecule has 0 saturated heterocycles. The van der Waals surface area contributed by atoms with Crippen LogP contribution in [0.3, 0.4) is 0 Å². The van der Waals surface area contributed by atoms with Crippen LogP contribution in [-0.4, -0.2) is 19.1 Å². The van der Waals surface area contributed by atoms with Crippen LogP contribution in [0.25, 0.3) is 0 Å². The second-order valence-corrected chi connectivity index (χ2v) is 4.18. The molecule has 0 fully saturated rings. The van der Waals surface area contributed by atoms with Gasteiger partial charge in [-0.1, -0.05) is 29.8 Å². The number of aryl methyl sites for hydroxylation is 1. The minimum Gasteiger partial charge on any atom is -0.381 e. The molecule has 15 heavy (non-hydrogen) atoms. The fraction of sp³-hybridized carbons (Fsp3) is 0.538. The molecule has 0 heterocycles. The molecule has 1 atom stereocenters. The highest BCUT2D eigenvalue weighted by atomic mass is 35.5. The normalized spacial score (nSPS) is 12.7. The van der Waals surface area contributed by atoms with Crippen molar-refractivity contribution in [1.82, 2.24) is 0 Å². The third-order valence-electron chi connectivity index (χ3n) is 2.42. The van der Waals surface area contributed by atoms with E-state index in [0.29, 0.717) is 11.8 Å². The minimum atomic E-state index is 0.425. The van der Waals surface area contributed by atoms with Crippen molar-refractivity contribution in [3.05, 3.63) is 35.4 Å². The molecule has 0 aliphatic rings. The van der Waals surface area contributed by atoms with Crippen LogP contribution in [0, 0.1) is 12.8 Å². The lowest BCUT2D eigenvalue weighted by molar-refractivity contribution is 0.117. The standard InChI is InChI=1S/C13H19ClO/c1-3-15-10-13(9-14)8-12-6-4-11(2)5-7-12/h4-7,13H,3,8-10H2,1-2H3. The summed E-state index contributed by atoms with van der Waals surface area (Å²) in [6.45, 7) is 5.63. The number of hydrogen-bond acceptors (Lipinski definition) is 1. The average molecular weight is 227 g/mol. The summed E-state index contributed by atoms with van der Waals surface area (Å²) in [5.41, 5.74) is 2.64. The lowest BCUT2D eigenvalue weighted by Gasteiger charge is -2.13. The van der Waals surface area contributed by atoms with Gasteiger partial charge >= 0.3 is 0 Å². The van der Waals surface area contributed by atoms with Gasteiger partial charge < -0.3 is 4.74 Å². The third kappa shape index (κ3) is 4.67. The summed E-state index contributed by atoms with van der Waals surface area (Å²) in [6.07, 6.45) is 1.00. The van der Waals surface area contributed by atoms with E-state index in [-0.39, 0.29) is 0 Å². The van der Waals surface area contributed by atoms with Crippen molar-refractivity contribution >= 4 is 11.6 Å². The Balaban J connectivity index is 2.47. The van der Waals surface area contributed by atoms with E-state index in [4.69, 9.17) is 16.3 Å². The molecular formula is C13H19ClO. The Kier molecular flexibility index (Phi) is 5.74. The molecular weight excluding hydrogens is 208 g/mol. The Morgan fingerprint density at radius 2 is 1.93 bits per heavy atom. The van der Waals surface area contributed by atoms with Gasteiger partial charge in [-0.15, -0.1) is 11.6 Å². The third-order valence-corrected chi connectivity index (χ3v) is 2.86. The maximum absolute atomic E-state index is 5.90. The number of ether oxygens (including phenoxy) is 1. The van der Waals surface area contributed by atoms with E-state index in [2.05, 4.69) is 31.2 Å². The molecule has 0 aliphatic carbocycles. The molecule has 0 aromatic heterocycles. The monoisotopic (exact) mass is 226 g/mol. The van der Waals surface area contributed by atoms with E-state index in [9.17, 15) is 0 Å². The highest BCUT2D eigenvalue weighted by molar-refractivity contribution is 6.18. The van der Waals surface area contributed by atoms with E-state index in [1.807, 2.05) is 6.92 Å². The molecule has 1 aromatic rings. The average Bonchev–Trinajstić information content (AvgIpc) is 2.27. The first-order chi connectivity index (χ1) is 7.26. The summed E-state index contributed by atoms with van der Waals surface area (Å²) in [4.78, 5) is 0. The van der Waals surface area contributed by atoms with Gasteiger partial charge in [0, 0.05) is 12.5 Å². The van der Waals surface area contributed by atoms with Gasteiger partial charge in [-0.2, -0.15) is 0 Å². The van der Waals surface area contributed by atoms with Crippen LogP contribution in [-0.2, 0) is 11.2 Å². The lowest BCUT2D eigenvalue weighted by atomic mass is 10.0. The molecule has 1 rings (SSSR count). The summed E-state index contributed by atoms with van der Waals surface area (Å²) in [6, 6.07) is 8.62. The Morgan fingerprint density at radius 1 is 1.27 bits per heavy atom. The van der Waals surface area contributed by atoms with Crippen LogP contribution in [0.2, 0.25) is 0 Å². The van der Waals surface area contributed by atoms with Crippen LogP contribution >= 0.6 is 11.6 Å². The van der Waals surface area contributed by atoms with Gasteiger partial charge in [-0.25, -0.2) is 0 Å². The predicted molar refractivity (Wildman–Crippen MR) is 65.6 cm³/mol. The van der Waals surface area contributed by atoms with Crippen molar-refractivity contribution in [3.8, 4) is 0 Å². The molecule has 1 aromatic carbocycles. The molecule has 0 bridgehead atoms. The molecule has 1 unspecified atom stereocenters. The first-order valence-corrected chi connectivity index (χ1v) is 5.99. The van der Waals surface area contributed by atoms with Gasteiger partial charge in [0.25, 0.3) is 0 Å². The van der Waals surface area contributed by atoms with Crippen molar-refractivity contribution in [2.75, 3.05) is 19.1 Å². The van der Waals surface area contributed by atoms with Crippen molar-refractivity contribution < 1.29 is 4.74 Å². The Morgan fingerprint density at radius 3 is 2.47 bits per heavy atom. The van der Waals surface area contributed by atoms with Crippen LogP contribution in [0.15, 0.2) is 24.3 Å². The summed E-state index contributed by atoms with van der Waals surface area (Å²) in [5, 5.41) is 0. The highest BCUT2D eigenvalue weighted by Gasteiger charge is 2.08. The van der Waals surface area contributed by atoms with Gasteiger partial charge in [0.1, 0.15) is 0 Å². The number of rotatable bonds is 6. The first kappa shape index (κ1) is 12.5. The second kappa shape index (κ2) is 6.86. The molecule has 0 N–H and O–H groups in total. The summed E-state index contributed by atoms with van der Waals surface area (Å²) in [5.74, 6) is 1.09. The number of hydrogen-bond donors (Lipinski definition) is 0. The Hall–Kier alpha value is -0.530. The SMILES string of the molecule is CCOCC(CCl)Cc1ccc(C)cc1. The van der Waals surface area contributed by atoms with Gasteiger partial charge in [0.2, 0.25) is 0 Å². The topological polar surface area (TPSA) is 9.23 Å². The fourth-order valence-corrected chi connectivity index (χ4v) is 1.70. The fourth-order valence-electron chi connectivity index (χ4n) is 1.50. The summed E-state index contributed by atoms with van der Waals surface area (Å²) in [7, 11) is 0. The number of alkyl halides is 1. The maximum Gasteiger partial charge on any atom is 0.0508 e. The van der Waals surface area contributed by atoms with Crippen molar-refractivity contribution in [2.45, 2.75) is 20.3 Å². The highest BCUT2D eigenvalue weighted by Crippen LogP contribution is 2.12. The van der Waals surface area contributed by atoms with Gasteiger partial charge in [0.05, 0.1) is 6.61 Å². The zero-order chi connectivity index (χ0) is 11.1. The van der Waals surface area contributed by atoms with Crippen LogP contribution in [0.5, 0.6) is 0 Å². The summed E-state index contributed by atoms with van der Waals surface area (Å²) < 4.78 is 5.40. The zero-order valence-corrected chi connectivity index (χ0v) is 10.3. The number of benzene rings is 1. The van der Waals surface area contributed by atoms with Crippen molar-refractivity contribution in [3.63, 3.8) is 0 Å². The largest absolute Gasteiger partial charge is 0.381 e. The second-order valence-electron chi connectivity index (χ2n) is 3.87. The van der Waals surface area contributed by atoms with E-state index in [0.717, 1.165) is 19.6 Å². The van der Waals surface area contributed by atoms with E-state index >= 15 is 0 Å². The van der Waals surface area contributed by atoms with Gasteiger partial charge in [-0.05, 0) is 31.7 Å². The van der Waals surface area contributed by atoms with Gasteiger partial charge in [0.15, 0.2) is 0 Å². The molecule has 1 nitrogen and oxygen atoms in total. The predicted octanol–water partition coefficient (Wildman–Crippen LogP) is 3.43. The minimum absolute atomic E-state index is 0.425. The molecule has 0 amide bonds. The number of halogens is 1. The molecule has 0 aliphatic heterocycles. The first-order valence-electron chi connectivity index (χ1n) is 5.45. The van der Waals surface area contributed by atoms with E-state index in [1.54, 1.807) is 0 Å².